The summed E-state index contributed by atoms with van der Waals surface area (Å²) in [5.74, 6) is 1.49. The van der Waals surface area contributed by atoms with Crippen molar-refractivity contribution in [3.63, 3.8) is 0 Å². The summed E-state index contributed by atoms with van der Waals surface area (Å²) in [5, 5.41) is 0. The smallest absolute Gasteiger partial charge is 0.336 e. The fourth-order valence-corrected chi connectivity index (χ4v) is 3.24. The summed E-state index contributed by atoms with van der Waals surface area (Å²) >= 11 is 4.92. The maximum Gasteiger partial charge on any atom is 0.336 e. The molecule has 5 heteroatoms. The normalized spacial score (nSPS) is 10.7. The average Bonchev–Trinajstić information content (AvgIpc) is 3.01. The summed E-state index contributed by atoms with van der Waals surface area (Å²) in [7, 11) is 0. The quantitative estimate of drug-likeness (QED) is 0.302. The van der Waals surface area contributed by atoms with E-state index in [1.54, 1.807) is 41.7 Å². The number of benzene rings is 2. The highest BCUT2D eigenvalue weighted by molar-refractivity contribution is 9.11. The van der Waals surface area contributed by atoms with Crippen LogP contribution >= 0.6 is 27.3 Å². The third-order valence-corrected chi connectivity index (χ3v) is 4.59. The Morgan fingerprint density at radius 1 is 0.875 bits per heavy atom. The molecule has 0 bridgehead atoms. The minimum atomic E-state index is -0.420. The van der Waals surface area contributed by atoms with E-state index in [0.717, 1.165) is 14.4 Å². The molecule has 2 aromatic carbocycles. The van der Waals surface area contributed by atoms with E-state index in [1.165, 1.54) is 6.08 Å². The molecule has 0 fully saturated rings. The minimum Gasteiger partial charge on any atom is -0.457 e. The molecule has 0 aliphatic heterocycles. The van der Waals surface area contributed by atoms with Crippen molar-refractivity contribution < 1.29 is 14.3 Å². The first-order chi connectivity index (χ1) is 11.7. The van der Waals surface area contributed by atoms with Crippen molar-refractivity contribution in [1.29, 1.82) is 0 Å². The van der Waals surface area contributed by atoms with Crippen LogP contribution in [0.3, 0.4) is 0 Å². The lowest BCUT2D eigenvalue weighted by Crippen LogP contribution is -2.03. The molecule has 3 nitrogen and oxygen atoms in total. The summed E-state index contributed by atoms with van der Waals surface area (Å²) in [6.07, 6.45) is 3.14. The van der Waals surface area contributed by atoms with Crippen LogP contribution in [0.15, 0.2) is 76.6 Å². The van der Waals surface area contributed by atoms with Gasteiger partial charge in [0.25, 0.3) is 0 Å². The Labute approximate surface area is 152 Å². The molecule has 3 rings (SSSR count). The molecule has 3 aromatic rings. The van der Waals surface area contributed by atoms with E-state index in [4.69, 9.17) is 9.47 Å². The Balaban J connectivity index is 1.57. The zero-order valence-electron chi connectivity index (χ0n) is 12.5. The third-order valence-electron chi connectivity index (χ3n) is 3.00. The lowest BCUT2D eigenvalue weighted by atomic mass is 10.3. The zero-order valence-corrected chi connectivity index (χ0v) is 14.9. The van der Waals surface area contributed by atoms with Gasteiger partial charge in [-0.2, -0.15) is 0 Å². The average molecular weight is 401 g/mol. The van der Waals surface area contributed by atoms with E-state index in [0.29, 0.717) is 11.5 Å². The predicted molar refractivity (Wildman–Crippen MR) is 99.6 cm³/mol. The molecule has 0 atom stereocenters. The van der Waals surface area contributed by atoms with E-state index in [2.05, 4.69) is 15.9 Å². The number of ether oxygens (including phenoxy) is 2. The Morgan fingerprint density at radius 2 is 1.54 bits per heavy atom. The summed E-state index contributed by atoms with van der Waals surface area (Å²) in [6.45, 7) is 0. The van der Waals surface area contributed by atoms with E-state index in [1.807, 2.05) is 42.5 Å². The van der Waals surface area contributed by atoms with Gasteiger partial charge in [0.2, 0.25) is 0 Å². The summed E-state index contributed by atoms with van der Waals surface area (Å²) < 4.78 is 12.0. The molecule has 0 spiro atoms. The van der Waals surface area contributed by atoms with Crippen LogP contribution in [0.2, 0.25) is 0 Å². The Morgan fingerprint density at radius 3 is 2.21 bits per heavy atom. The Kier molecular flexibility index (Phi) is 5.46. The van der Waals surface area contributed by atoms with Gasteiger partial charge in [0.1, 0.15) is 17.2 Å². The molecule has 1 aromatic heterocycles. The molecule has 0 radical (unpaired) electrons. The SMILES string of the molecule is O=C(/C=C/c1ccc(Br)s1)Oc1ccc(Oc2ccccc2)cc1. The fraction of sp³-hybridized carbons (Fsp3) is 0. The van der Waals surface area contributed by atoms with Gasteiger partial charge in [-0.3, -0.25) is 0 Å². The fourth-order valence-electron chi connectivity index (χ4n) is 1.92. The maximum absolute atomic E-state index is 11.8. The van der Waals surface area contributed by atoms with Crippen molar-refractivity contribution in [2.45, 2.75) is 0 Å². The molecule has 0 amide bonds. The van der Waals surface area contributed by atoms with Crippen molar-refractivity contribution >= 4 is 39.3 Å². The standard InChI is InChI=1S/C19H13BrO3S/c20-18-12-10-17(24-18)11-13-19(21)23-16-8-6-15(7-9-16)22-14-4-2-1-3-5-14/h1-13H/b13-11+. The molecule has 0 N–H and O–H groups in total. The van der Waals surface area contributed by atoms with Crippen molar-refractivity contribution in [1.82, 2.24) is 0 Å². The Hall–Kier alpha value is -2.37. The highest BCUT2D eigenvalue weighted by Gasteiger charge is 2.03. The molecular formula is C19H13BrO3S. The van der Waals surface area contributed by atoms with Crippen molar-refractivity contribution in [3.05, 3.63) is 81.5 Å². The highest BCUT2D eigenvalue weighted by Crippen LogP contribution is 2.24. The predicted octanol–water partition coefficient (Wildman–Crippen LogP) is 5.92. The first-order valence-electron chi connectivity index (χ1n) is 7.17. The maximum atomic E-state index is 11.8. The van der Waals surface area contributed by atoms with Gasteiger partial charge in [-0.15, -0.1) is 11.3 Å². The summed E-state index contributed by atoms with van der Waals surface area (Å²) in [4.78, 5) is 12.8. The van der Waals surface area contributed by atoms with Crippen LogP contribution in [-0.4, -0.2) is 5.97 Å². The number of carbonyl (C=O) groups excluding carboxylic acids is 1. The van der Waals surface area contributed by atoms with Gasteiger partial charge < -0.3 is 9.47 Å². The van der Waals surface area contributed by atoms with E-state index >= 15 is 0 Å². The first-order valence-corrected chi connectivity index (χ1v) is 8.78. The summed E-state index contributed by atoms with van der Waals surface area (Å²) in [5.41, 5.74) is 0. The second-order valence-corrected chi connectivity index (χ2v) is 7.28. The molecule has 0 saturated carbocycles. The van der Waals surface area contributed by atoms with Gasteiger partial charge in [0.05, 0.1) is 3.79 Å². The largest absolute Gasteiger partial charge is 0.457 e. The molecular weight excluding hydrogens is 388 g/mol. The lowest BCUT2D eigenvalue weighted by molar-refractivity contribution is -0.128. The molecule has 1 heterocycles. The van der Waals surface area contributed by atoms with Crippen LogP contribution in [-0.2, 0) is 4.79 Å². The van der Waals surface area contributed by atoms with Crippen molar-refractivity contribution in [2.75, 3.05) is 0 Å². The number of rotatable bonds is 5. The third kappa shape index (κ3) is 4.81. The van der Waals surface area contributed by atoms with Crippen LogP contribution in [0.25, 0.3) is 6.08 Å². The van der Waals surface area contributed by atoms with Crippen molar-refractivity contribution in [3.8, 4) is 17.2 Å². The summed E-state index contributed by atoms with van der Waals surface area (Å²) in [6, 6.07) is 20.3. The second kappa shape index (κ2) is 7.95. The van der Waals surface area contributed by atoms with Crippen LogP contribution in [0, 0.1) is 0 Å². The number of hydrogen-bond acceptors (Lipinski definition) is 4. The van der Waals surface area contributed by atoms with Gasteiger partial charge >= 0.3 is 5.97 Å². The van der Waals surface area contributed by atoms with Gasteiger partial charge in [-0.1, -0.05) is 18.2 Å². The van der Waals surface area contributed by atoms with E-state index in [9.17, 15) is 4.79 Å². The number of carbonyl (C=O) groups is 1. The van der Waals surface area contributed by atoms with Gasteiger partial charge in [0, 0.05) is 11.0 Å². The molecule has 0 unspecified atom stereocenters. The number of halogens is 1. The highest BCUT2D eigenvalue weighted by atomic mass is 79.9. The first kappa shape index (κ1) is 16.5. The minimum absolute atomic E-state index is 0.420. The van der Waals surface area contributed by atoms with Crippen molar-refractivity contribution in [2.24, 2.45) is 0 Å². The molecule has 0 saturated heterocycles. The van der Waals surface area contributed by atoms with Gasteiger partial charge in [-0.25, -0.2) is 4.79 Å². The second-order valence-electron chi connectivity index (χ2n) is 4.78. The number of hydrogen-bond donors (Lipinski definition) is 0. The van der Waals surface area contributed by atoms with Gasteiger partial charge in [0.15, 0.2) is 0 Å². The molecule has 0 aliphatic rings. The number of para-hydroxylation sites is 1. The van der Waals surface area contributed by atoms with Gasteiger partial charge in [-0.05, 0) is 70.5 Å². The van der Waals surface area contributed by atoms with E-state index in [-0.39, 0.29) is 0 Å². The van der Waals surface area contributed by atoms with E-state index < -0.39 is 5.97 Å². The molecule has 24 heavy (non-hydrogen) atoms. The van der Waals surface area contributed by atoms with Crippen LogP contribution < -0.4 is 9.47 Å². The van der Waals surface area contributed by atoms with Crippen LogP contribution in [0.1, 0.15) is 4.88 Å². The zero-order chi connectivity index (χ0) is 16.8. The monoisotopic (exact) mass is 400 g/mol. The Bertz CT molecular complexity index is 839. The molecule has 0 aliphatic carbocycles. The van der Waals surface area contributed by atoms with Crippen LogP contribution in [0.5, 0.6) is 17.2 Å². The van der Waals surface area contributed by atoms with Crippen LogP contribution in [0.4, 0.5) is 0 Å². The number of thiophene rings is 1. The topological polar surface area (TPSA) is 35.5 Å². The lowest BCUT2D eigenvalue weighted by Gasteiger charge is -2.06. The molecule has 120 valence electrons. The number of esters is 1.